The molecule has 1 N–H and O–H groups in total. The number of benzene rings is 3. The van der Waals surface area contributed by atoms with Crippen LogP contribution in [0.2, 0.25) is 0 Å². The highest BCUT2D eigenvalue weighted by Gasteiger charge is 2.22. The van der Waals surface area contributed by atoms with Gasteiger partial charge >= 0.3 is 0 Å². The number of H-pyrrole nitrogens is 1. The van der Waals surface area contributed by atoms with Gasteiger partial charge in [0.25, 0.3) is 0 Å². The Hall–Kier alpha value is -3.45. The van der Waals surface area contributed by atoms with E-state index in [0.29, 0.717) is 0 Å². The van der Waals surface area contributed by atoms with Crippen LogP contribution < -0.4 is 18.9 Å². The van der Waals surface area contributed by atoms with Crippen LogP contribution in [0.5, 0.6) is 23.0 Å². The molecule has 30 heavy (non-hydrogen) atoms. The van der Waals surface area contributed by atoms with Crippen molar-refractivity contribution in [1.82, 2.24) is 9.97 Å². The molecular formula is C23H15BrN2O4. The van der Waals surface area contributed by atoms with Crippen molar-refractivity contribution in [2.75, 3.05) is 13.6 Å². The van der Waals surface area contributed by atoms with Crippen LogP contribution in [0.4, 0.5) is 0 Å². The van der Waals surface area contributed by atoms with Gasteiger partial charge in [-0.25, -0.2) is 4.98 Å². The van der Waals surface area contributed by atoms with Crippen molar-refractivity contribution in [1.29, 1.82) is 0 Å². The summed E-state index contributed by atoms with van der Waals surface area (Å²) in [5.74, 6) is 3.69. The van der Waals surface area contributed by atoms with Crippen LogP contribution in [0.15, 0.2) is 65.1 Å². The van der Waals surface area contributed by atoms with Gasteiger partial charge in [-0.2, -0.15) is 0 Å². The minimum Gasteiger partial charge on any atom is -0.454 e. The number of hydrogen-bond acceptors (Lipinski definition) is 5. The third-order valence-corrected chi connectivity index (χ3v) is 5.83. The average molecular weight is 463 g/mol. The minimum atomic E-state index is 0.233. The van der Waals surface area contributed by atoms with Crippen molar-refractivity contribution < 1.29 is 18.9 Å². The molecule has 2 aliphatic rings. The summed E-state index contributed by atoms with van der Waals surface area (Å²) in [5.41, 5.74) is 4.57. The SMILES string of the molecule is Brc1ccccc1-c1nc(-c2ccc3c(c2)OCO3)c(-c2ccc3c(c2)OCO3)[nH]1. The van der Waals surface area contributed by atoms with E-state index in [-0.39, 0.29) is 13.6 Å². The Morgan fingerprint density at radius 2 is 1.37 bits per heavy atom. The smallest absolute Gasteiger partial charge is 0.231 e. The highest BCUT2D eigenvalue weighted by atomic mass is 79.9. The average Bonchev–Trinajstić information content (AvgIpc) is 3.51. The van der Waals surface area contributed by atoms with Crippen molar-refractivity contribution in [2.24, 2.45) is 0 Å². The first-order valence-corrected chi connectivity index (χ1v) is 10.2. The van der Waals surface area contributed by atoms with E-state index >= 15 is 0 Å². The molecule has 3 heterocycles. The quantitative estimate of drug-likeness (QED) is 0.427. The third-order valence-electron chi connectivity index (χ3n) is 5.14. The second kappa shape index (κ2) is 6.81. The molecule has 4 aromatic rings. The van der Waals surface area contributed by atoms with Gasteiger partial charge in [0, 0.05) is 21.2 Å². The van der Waals surface area contributed by atoms with Crippen LogP contribution in [0.1, 0.15) is 0 Å². The topological polar surface area (TPSA) is 65.6 Å². The Kier molecular flexibility index (Phi) is 3.95. The number of fused-ring (bicyclic) bond motifs is 2. The molecule has 0 amide bonds. The maximum Gasteiger partial charge on any atom is 0.231 e. The minimum absolute atomic E-state index is 0.233. The molecule has 7 heteroatoms. The highest BCUT2D eigenvalue weighted by molar-refractivity contribution is 9.10. The number of imidazole rings is 1. The predicted molar refractivity (Wildman–Crippen MR) is 115 cm³/mol. The Morgan fingerprint density at radius 1 is 0.733 bits per heavy atom. The summed E-state index contributed by atoms with van der Waals surface area (Å²) in [6.45, 7) is 0.468. The van der Waals surface area contributed by atoms with E-state index in [1.54, 1.807) is 0 Å². The van der Waals surface area contributed by atoms with E-state index in [0.717, 1.165) is 61.4 Å². The molecule has 6 rings (SSSR count). The predicted octanol–water partition coefficient (Wildman–Crippen LogP) is 5.63. The first kappa shape index (κ1) is 17.4. The molecule has 0 bridgehead atoms. The Balaban J connectivity index is 1.54. The van der Waals surface area contributed by atoms with Crippen LogP contribution in [0, 0.1) is 0 Å². The van der Waals surface area contributed by atoms with E-state index < -0.39 is 0 Å². The van der Waals surface area contributed by atoms with Gasteiger partial charge in [0.1, 0.15) is 5.82 Å². The molecule has 6 nitrogen and oxygen atoms in total. The number of aromatic amines is 1. The summed E-state index contributed by atoms with van der Waals surface area (Å²) in [6.07, 6.45) is 0. The maximum absolute atomic E-state index is 5.58. The zero-order valence-electron chi connectivity index (χ0n) is 15.6. The molecule has 0 spiro atoms. The van der Waals surface area contributed by atoms with Gasteiger partial charge in [0.05, 0.1) is 11.4 Å². The summed E-state index contributed by atoms with van der Waals surface area (Å²) in [7, 11) is 0. The van der Waals surface area contributed by atoms with E-state index in [2.05, 4.69) is 20.9 Å². The molecule has 0 saturated carbocycles. The molecular weight excluding hydrogens is 448 g/mol. The number of ether oxygens (including phenoxy) is 4. The fourth-order valence-electron chi connectivity index (χ4n) is 3.67. The second-order valence-electron chi connectivity index (χ2n) is 6.92. The van der Waals surface area contributed by atoms with E-state index in [1.807, 2.05) is 60.7 Å². The number of hydrogen-bond donors (Lipinski definition) is 1. The molecule has 0 saturated heterocycles. The Labute approximate surface area is 180 Å². The molecule has 2 aliphatic heterocycles. The molecule has 0 unspecified atom stereocenters. The lowest BCUT2D eigenvalue weighted by Crippen LogP contribution is -1.93. The van der Waals surface area contributed by atoms with Crippen molar-refractivity contribution in [2.45, 2.75) is 0 Å². The lowest BCUT2D eigenvalue weighted by molar-refractivity contribution is 0.173. The molecule has 0 aliphatic carbocycles. The van der Waals surface area contributed by atoms with Crippen LogP contribution in [0.3, 0.4) is 0 Å². The normalized spacial score (nSPS) is 13.6. The monoisotopic (exact) mass is 462 g/mol. The summed E-state index contributed by atoms with van der Waals surface area (Å²) in [5, 5.41) is 0. The summed E-state index contributed by atoms with van der Waals surface area (Å²) in [4.78, 5) is 8.46. The van der Waals surface area contributed by atoms with E-state index in [4.69, 9.17) is 23.9 Å². The standard InChI is InChI=1S/C23H15BrN2O4/c24-16-4-2-1-3-15(16)23-25-21(13-5-7-17-19(9-13)29-11-27-17)22(26-23)14-6-8-18-20(10-14)30-12-28-18/h1-10H,11-12H2,(H,25,26). The van der Waals surface area contributed by atoms with Crippen molar-refractivity contribution in [3.05, 3.63) is 65.1 Å². The largest absolute Gasteiger partial charge is 0.454 e. The fourth-order valence-corrected chi connectivity index (χ4v) is 4.14. The molecule has 1 aromatic heterocycles. The maximum atomic E-state index is 5.58. The van der Waals surface area contributed by atoms with E-state index in [1.165, 1.54) is 0 Å². The second-order valence-corrected chi connectivity index (χ2v) is 7.78. The molecule has 0 atom stereocenters. The first-order chi connectivity index (χ1) is 14.8. The van der Waals surface area contributed by atoms with Crippen molar-refractivity contribution in [3.8, 4) is 56.9 Å². The van der Waals surface area contributed by atoms with Gasteiger partial charge in [-0.3, -0.25) is 0 Å². The van der Waals surface area contributed by atoms with E-state index in [9.17, 15) is 0 Å². The Morgan fingerprint density at radius 3 is 2.10 bits per heavy atom. The van der Waals surface area contributed by atoms with Crippen molar-refractivity contribution in [3.63, 3.8) is 0 Å². The van der Waals surface area contributed by atoms with Gasteiger partial charge in [-0.05, 0) is 42.5 Å². The summed E-state index contributed by atoms with van der Waals surface area (Å²) >= 11 is 3.63. The van der Waals surface area contributed by atoms with Crippen LogP contribution >= 0.6 is 15.9 Å². The highest BCUT2D eigenvalue weighted by Crippen LogP contribution is 2.42. The van der Waals surface area contributed by atoms with Crippen molar-refractivity contribution >= 4 is 15.9 Å². The van der Waals surface area contributed by atoms with Crippen LogP contribution in [-0.2, 0) is 0 Å². The first-order valence-electron chi connectivity index (χ1n) is 9.41. The van der Waals surface area contributed by atoms with Gasteiger partial charge in [0.2, 0.25) is 13.6 Å². The van der Waals surface area contributed by atoms with Crippen LogP contribution in [-0.4, -0.2) is 23.6 Å². The van der Waals surface area contributed by atoms with Gasteiger partial charge in [-0.15, -0.1) is 0 Å². The summed E-state index contributed by atoms with van der Waals surface area (Å²) < 4.78 is 23.0. The number of nitrogens with zero attached hydrogens (tertiary/aromatic N) is 1. The molecule has 3 aromatic carbocycles. The third kappa shape index (κ3) is 2.81. The lowest BCUT2D eigenvalue weighted by Gasteiger charge is -2.05. The lowest BCUT2D eigenvalue weighted by atomic mass is 10.0. The summed E-state index contributed by atoms with van der Waals surface area (Å²) in [6, 6.07) is 19.7. The number of nitrogens with one attached hydrogen (secondary N) is 1. The van der Waals surface area contributed by atoms with Gasteiger partial charge in [-0.1, -0.05) is 34.1 Å². The zero-order valence-corrected chi connectivity index (χ0v) is 17.2. The van der Waals surface area contributed by atoms with Gasteiger partial charge < -0.3 is 23.9 Å². The number of halogens is 1. The number of rotatable bonds is 3. The Bertz CT molecular complexity index is 1210. The fraction of sp³-hybridized carbons (Fsp3) is 0.0870. The number of aromatic nitrogens is 2. The molecule has 0 fully saturated rings. The van der Waals surface area contributed by atoms with Gasteiger partial charge in [0.15, 0.2) is 23.0 Å². The zero-order chi connectivity index (χ0) is 20.1. The van der Waals surface area contributed by atoms with Crippen LogP contribution in [0.25, 0.3) is 33.9 Å². The molecule has 0 radical (unpaired) electrons. The molecule has 148 valence electrons.